The third-order valence-corrected chi connectivity index (χ3v) is 17.0. The van der Waals surface area contributed by atoms with Gasteiger partial charge in [0, 0.05) is 49.6 Å². The number of oxime groups is 1. The molecule has 1 aromatic carbocycles. The maximum atomic E-state index is 14.7. The van der Waals surface area contributed by atoms with E-state index in [0.29, 0.717) is 24.1 Å². The number of methoxy groups -OCH3 is 1. The summed E-state index contributed by atoms with van der Waals surface area (Å²) >= 11 is 6.56. The van der Waals surface area contributed by atoms with Crippen LogP contribution in [0.2, 0.25) is 5.02 Å². The number of carboxylic acids is 1. The van der Waals surface area contributed by atoms with Gasteiger partial charge in [-0.15, -0.1) is 0 Å². The van der Waals surface area contributed by atoms with Gasteiger partial charge in [-0.1, -0.05) is 51.4 Å². The molecule has 1 unspecified atom stereocenters. The maximum Gasteiger partial charge on any atom is 0.341 e. The first kappa shape index (κ1) is 66.1. The molecule has 3 aliphatic heterocycles. The summed E-state index contributed by atoms with van der Waals surface area (Å²) in [7, 11) is 5.17. The molecule has 458 valence electrons. The van der Waals surface area contributed by atoms with Crippen LogP contribution in [0, 0.1) is 23.7 Å². The predicted molar refractivity (Wildman–Crippen MR) is 298 cm³/mol. The summed E-state index contributed by atoms with van der Waals surface area (Å²) in [5.74, 6) is -6.09. The van der Waals surface area contributed by atoms with Gasteiger partial charge in [-0.05, 0) is 106 Å². The topological polar surface area (TPSA) is 282 Å². The van der Waals surface area contributed by atoms with E-state index in [-0.39, 0.29) is 92.0 Å². The highest BCUT2D eigenvalue weighted by molar-refractivity contribution is 6.32. The van der Waals surface area contributed by atoms with Gasteiger partial charge < -0.3 is 82.5 Å². The first-order valence-electron chi connectivity index (χ1n) is 28.6. The van der Waals surface area contributed by atoms with Crippen molar-refractivity contribution in [2.24, 2.45) is 28.8 Å². The number of rotatable bonds is 20. The van der Waals surface area contributed by atoms with Crippen LogP contribution in [-0.2, 0) is 52.3 Å². The lowest BCUT2D eigenvalue weighted by molar-refractivity contribution is -0.318. The molecule has 0 bridgehead atoms. The molecule has 4 heterocycles. The molecule has 6 rings (SSSR count). The van der Waals surface area contributed by atoms with E-state index in [1.165, 1.54) is 26.3 Å². The van der Waals surface area contributed by atoms with E-state index in [2.05, 4.69) is 5.16 Å². The summed E-state index contributed by atoms with van der Waals surface area (Å²) < 4.78 is 58.1. The van der Waals surface area contributed by atoms with Crippen LogP contribution in [0.25, 0.3) is 10.9 Å². The lowest BCUT2D eigenvalue weighted by Crippen LogP contribution is -2.61. The minimum absolute atomic E-state index is 0.00894. The van der Waals surface area contributed by atoms with Crippen LogP contribution in [-0.4, -0.2) is 191 Å². The number of aromatic nitrogens is 1. The van der Waals surface area contributed by atoms with Crippen LogP contribution < -0.4 is 10.2 Å². The number of likely N-dealkylation sites (N-methyl/N-ethyl adjacent to an activating group) is 1. The summed E-state index contributed by atoms with van der Waals surface area (Å²) in [5, 5.41) is 63.4. The smallest absolute Gasteiger partial charge is 0.341 e. The van der Waals surface area contributed by atoms with Crippen LogP contribution in [0.15, 0.2) is 28.3 Å². The Bertz CT molecular complexity index is 2560. The van der Waals surface area contributed by atoms with Gasteiger partial charge in [0.25, 0.3) is 0 Å². The van der Waals surface area contributed by atoms with E-state index in [9.17, 15) is 44.7 Å². The number of nitrogens with zero attached hydrogens (tertiary/aromatic N) is 3. The Kier molecular flexibility index (Phi) is 22.7. The van der Waals surface area contributed by atoms with Gasteiger partial charge in [0.05, 0.1) is 83.3 Å². The zero-order valence-corrected chi connectivity index (χ0v) is 50.4. The molecule has 1 saturated carbocycles. The van der Waals surface area contributed by atoms with Crippen molar-refractivity contribution >= 4 is 46.1 Å². The van der Waals surface area contributed by atoms with Crippen molar-refractivity contribution in [3.8, 4) is 5.75 Å². The number of pyridine rings is 1. The number of aliphatic hydroxyl groups is 4. The molecule has 3 saturated heterocycles. The molecular formula is C58H90ClN3O19. The number of aliphatic hydroxyl groups excluding tert-OH is 2. The highest BCUT2D eigenvalue weighted by atomic mass is 35.5. The zero-order valence-electron chi connectivity index (χ0n) is 49.6. The minimum Gasteiger partial charge on any atom is -0.490 e. The number of aromatic carboxylic acids is 1. The molecule has 0 radical (unpaired) electrons. The second-order valence-electron chi connectivity index (χ2n) is 23.7. The Hall–Kier alpha value is -4.04. The fraction of sp³-hybridized carbons (Fsp3) is 0.776. The van der Waals surface area contributed by atoms with Gasteiger partial charge in [0.2, 0.25) is 5.43 Å². The Labute approximate surface area is 480 Å². The number of benzene rings is 1. The van der Waals surface area contributed by atoms with Gasteiger partial charge in [-0.2, -0.15) is 0 Å². The lowest BCUT2D eigenvalue weighted by Gasteiger charge is -2.49. The molecule has 5 N–H and O–H groups in total. The normalized spacial score (nSPS) is 37.0. The van der Waals surface area contributed by atoms with Crippen molar-refractivity contribution in [3.63, 3.8) is 0 Å². The second-order valence-corrected chi connectivity index (χ2v) is 24.1. The van der Waals surface area contributed by atoms with Crippen LogP contribution in [0.5, 0.6) is 5.75 Å². The van der Waals surface area contributed by atoms with Crippen molar-refractivity contribution in [3.05, 3.63) is 39.1 Å². The SMILES string of the molecule is CCCO/N=C1\[C@H](C)C[C@@](C)(O)[C@H](O[C@@H]2O[C@H](C)C[C@H](N(C)C)[C@H]2O)[C@@H](C)C(O[C@H]2C[C@@](C)(OC)[C@@H](OC(=O)CCOCCOc3cc4c(=O)c(C(=O)O)cn(C5CC5)c4cc3Cl)[C@H](C)O2)[C@@H](C)C(=O)O[C@H](CC)[C@@](C)(O)[C@@H](O)[C@H]1C. The summed E-state index contributed by atoms with van der Waals surface area (Å²) in [4.78, 5) is 60.7. The standard InChI is InChI=1S/C58H90ClN3O19/c1-15-20-75-60-46-30(3)27-56(9,70)51(81-55-48(65)41(61(12)13)24-31(4)76-55)33(6)49(34(7)54(69)78-43(16-2)58(11,71)50(66)32(46)5)80-45-28-57(10,72-14)52(35(8)77-45)79-44(63)19-21-73-22-23-74-42-25-37-40(26-39(42)59)62(36-17-18-36)29-38(47(37)64)53(67)68/h25-26,29-36,41,43,45,48-52,55,65-66,70-71H,15-24,27-28H2,1-14H3,(H,67,68)/b60-46+/t30-,31-,32+,33+,34-,35+,41+,43-,45+,48-,49?,50+,51-,52+,55+,56-,57-,58-/m1/s1. The van der Waals surface area contributed by atoms with E-state index >= 15 is 0 Å². The monoisotopic (exact) mass is 1170 g/mol. The Balaban J connectivity index is 1.20. The number of ether oxygens (including phenoxy) is 9. The van der Waals surface area contributed by atoms with Gasteiger partial charge in [0.1, 0.15) is 47.9 Å². The Morgan fingerprint density at radius 1 is 0.914 bits per heavy atom. The maximum absolute atomic E-state index is 14.7. The first-order chi connectivity index (χ1) is 38.0. The molecule has 23 heteroatoms. The molecule has 81 heavy (non-hydrogen) atoms. The van der Waals surface area contributed by atoms with E-state index in [1.807, 2.05) is 39.8 Å². The number of esters is 2. The van der Waals surface area contributed by atoms with Crippen LogP contribution in [0.1, 0.15) is 144 Å². The van der Waals surface area contributed by atoms with Crippen LogP contribution in [0.4, 0.5) is 0 Å². The number of cyclic esters (lactones) is 1. The molecule has 22 nitrogen and oxygen atoms in total. The van der Waals surface area contributed by atoms with E-state index in [4.69, 9.17) is 59.1 Å². The number of fused-ring (bicyclic) bond motifs is 1. The fourth-order valence-corrected chi connectivity index (χ4v) is 12.2. The molecule has 4 fully saturated rings. The molecule has 0 spiro atoms. The third-order valence-electron chi connectivity index (χ3n) is 16.7. The second kappa shape index (κ2) is 27.8. The van der Waals surface area contributed by atoms with Crippen LogP contribution >= 0.6 is 11.6 Å². The summed E-state index contributed by atoms with van der Waals surface area (Å²) in [6.07, 6.45) is -6.73. The molecular weight excluding hydrogens is 1080 g/mol. The predicted octanol–water partition coefficient (Wildman–Crippen LogP) is 6.04. The molecule has 18 atom stereocenters. The number of carbonyl (C=O) groups excluding carboxylic acids is 2. The van der Waals surface area contributed by atoms with Crippen molar-refractivity contribution in [2.45, 2.75) is 218 Å². The van der Waals surface area contributed by atoms with E-state index < -0.39 is 119 Å². The van der Waals surface area contributed by atoms with Crippen LogP contribution in [0.3, 0.4) is 0 Å². The lowest BCUT2D eigenvalue weighted by atomic mass is 9.73. The average Bonchev–Trinajstić information content (AvgIpc) is 4.42. The third kappa shape index (κ3) is 15.5. The number of carbonyl (C=O) groups is 3. The van der Waals surface area contributed by atoms with Gasteiger partial charge >= 0.3 is 17.9 Å². The molecule has 4 aliphatic rings. The van der Waals surface area contributed by atoms with Gasteiger partial charge in [-0.3, -0.25) is 14.4 Å². The summed E-state index contributed by atoms with van der Waals surface area (Å²) in [5.41, 5.74) is -5.16. The van der Waals surface area contributed by atoms with Gasteiger partial charge in [-0.25, -0.2) is 4.79 Å². The quantitative estimate of drug-likeness (QED) is 0.0574. The zero-order chi connectivity index (χ0) is 60.1. The first-order valence-corrected chi connectivity index (χ1v) is 29.0. The van der Waals surface area contributed by atoms with Crippen molar-refractivity contribution in [1.82, 2.24) is 9.47 Å². The van der Waals surface area contributed by atoms with Crippen molar-refractivity contribution < 1.29 is 87.4 Å². The largest absolute Gasteiger partial charge is 0.490 e. The van der Waals surface area contributed by atoms with Crippen molar-refractivity contribution in [2.75, 3.05) is 47.6 Å². The number of hydrogen-bond donors (Lipinski definition) is 5. The molecule has 1 aromatic heterocycles. The fourth-order valence-electron chi connectivity index (χ4n) is 12.0. The molecule has 1 aliphatic carbocycles. The summed E-state index contributed by atoms with van der Waals surface area (Å²) in [6.45, 7) is 19.1. The van der Waals surface area contributed by atoms with E-state index in [0.717, 1.165) is 12.8 Å². The molecule has 0 amide bonds. The Morgan fingerprint density at radius 2 is 1.60 bits per heavy atom. The number of carboxylic acid groups (broad SMARTS) is 1. The Morgan fingerprint density at radius 3 is 2.22 bits per heavy atom. The summed E-state index contributed by atoms with van der Waals surface area (Å²) in [6, 6.07) is 2.73. The number of hydrogen-bond acceptors (Lipinski definition) is 20. The highest BCUT2D eigenvalue weighted by Gasteiger charge is 2.54. The van der Waals surface area contributed by atoms with E-state index in [1.54, 1.807) is 59.1 Å². The number of halogens is 1. The van der Waals surface area contributed by atoms with Crippen molar-refractivity contribution in [1.29, 1.82) is 0 Å². The highest BCUT2D eigenvalue weighted by Crippen LogP contribution is 2.43. The molecule has 2 aromatic rings. The van der Waals surface area contributed by atoms with Gasteiger partial charge in [0.15, 0.2) is 18.7 Å². The average molecular weight is 1170 g/mol. The minimum atomic E-state index is -1.99.